The van der Waals surface area contributed by atoms with E-state index in [9.17, 15) is 4.79 Å². The number of halogens is 4. The van der Waals surface area contributed by atoms with Crippen LogP contribution in [0.5, 0.6) is 0 Å². The molecule has 0 unspecified atom stereocenters. The van der Waals surface area contributed by atoms with Crippen molar-refractivity contribution in [1.82, 2.24) is 14.3 Å². The van der Waals surface area contributed by atoms with Crippen LogP contribution >= 0.6 is 23.2 Å². The van der Waals surface area contributed by atoms with Gasteiger partial charge in [-0.25, -0.2) is 13.5 Å². The van der Waals surface area contributed by atoms with Crippen LogP contribution in [-0.2, 0) is 6.54 Å². The van der Waals surface area contributed by atoms with E-state index in [1.165, 1.54) is 33.6 Å². The minimum Gasteiger partial charge on any atom is -0.306 e. The molecule has 30 heavy (non-hydrogen) atoms. The highest BCUT2D eigenvalue weighted by Crippen LogP contribution is 2.39. The zero-order valence-corrected chi connectivity index (χ0v) is 17.3. The summed E-state index contributed by atoms with van der Waals surface area (Å²) < 4.78 is 33.1. The van der Waals surface area contributed by atoms with E-state index < -0.39 is 17.2 Å². The fraction of sp³-hybridized carbons (Fsp3) is 0.0909. The molecule has 0 fully saturated rings. The molecule has 0 saturated heterocycles. The summed E-state index contributed by atoms with van der Waals surface area (Å²) in [4.78, 5) is 12.7. The van der Waals surface area contributed by atoms with Gasteiger partial charge in [-0.2, -0.15) is 5.10 Å². The predicted molar refractivity (Wildman–Crippen MR) is 114 cm³/mol. The molecule has 4 nitrogen and oxygen atoms in total. The Hall–Kier alpha value is -2.96. The SMILES string of the molecule is CCn1c(-c2c(F)cc(-n3cccn3)cc2F)c(-c2ccccc2Cl)cc(Cl)c1=O. The maximum atomic E-state index is 15.3. The highest BCUT2D eigenvalue weighted by molar-refractivity contribution is 6.34. The van der Waals surface area contributed by atoms with Crippen molar-refractivity contribution in [2.24, 2.45) is 0 Å². The van der Waals surface area contributed by atoms with E-state index in [1.54, 1.807) is 43.5 Å². The smallest absolute Gasteiger partial charge is 0.269 e. The van der Waals surface area contributed by atoms with Crippen molar-refractivity contribution in [3.8, 4) is 28.1 Å². The van der Waals surface area contributed by atoms with E-state index in [4.69, 9.17) is 23.2 Å². The average molecular weight is 446 g/mol. The third-order valence-electron chi connectivity index (χ3n) is 4.76. The summed E-state index contributed by atoms with van der Waals surface area (Å²) in [6.45, 7) is 1.86. The second-order valence-electron chi connectivity index (χ2n) is 6.52. The first-order valence-corrected chi connectivity index (χ1v) is 9.85. The van der Waals surface area contributed by atoms with Crippen molar-refractivity contribution in [3.63, 3.8) is 0 Å². The summed E-state index contributed by atoms with van der Waals surface area (Å²) in [5.74, 6) is -1.67. The van der Waals surface area contributed by atoms with Crippen molar-refractivity contribution in [3.05, 3.63) is 93.0 Å². The van der Waals surface area contributed by atoms with Crippen molar-refractivity contribution in [2.75, 3.05) is 0 Å². The lowest BCUT2D eigenvalue weighted by Gasteiger charge is -2.19. The normalized spacial score (nSPS) is 11.1. The zero-order chi connectivity index (χ0) is 21.4. The predicted octanol–water partition coefficient (Wildman–Crippen LogP) is 5.97. The monoisotopic (exact) mass is 445 g/mol. The number of aromatic nitrogens is 3. The van der Waals surface area contributed by atoms with Crippen LogP contribution in [0, 0.1) is 11.6 Å². The molecule has 2 aromatic heterocycles. The van der Waals surface area contributed by atoms with Crippen LogP contribution in [0.15, 0.2) is 65.7 Å². The topological polar surface area (TPSA) is 39.8 Å². The lowest BCUT2D eigenvalue weighted by molar-refractivity contribution is 0.581. The highest BCUT2D eigenvalue weighted by Gasteiger charge is 2.24. The van der Waals surface area contributed by atoms with Crippen molar-refractivity contribution >= 4 is 23.2 Å². The molecular formula is C22H15Cl2F2N3O. The Balaban J connectivity index is 2.07. The van der Waals surface area contributed by atoms with Gasteiger partial charge in [0, 0.05) is 47.2 Å². The Kier molecular flexibility index (Phi) is 5.45. The minimum atomic E-state index is -0.835. The third-order valence-corrected chi connectivity index (χ3v) is 5.36. The summed E-state index contributed by atoms with van der Waals surface area (Å²) in [6, 6.07) is 12.2. The Morgan fingerprint density at radius 1 is 0.967 bits per heavy atom. The molecule has 0 amide bonds. The molecule has 4 rings (SSSR count). The molecule has 2 aromatic carbocycles. The second-order valence-corrected chi connectivity index (χ2v) is 7.33. The van der Waals surface area contributed by atoms with E-state index in [1.807, 2.05) is 0 Å². The lowest BCUT2D eigenvalue weighted by atomic mass is 9.97. The van der Waals surface area contributed by atoms with Gasteiger partial charge in [0.15, 0.2) is 0 Å². The molecule has 0 bridgehead atoms. The summed E-state index contributed by atoms with van der Waals surface area (Å²) in [7, 11) is 0. The van der Waals surface area contributed by atoms with Crippen LogP contribution in [0.3, 0.4) is 0 Å². The fourth-order valence-corrected chi connectivity index (χ4v) is 3.88. The van der Waals surface area contributed by atoms with Gasteiger partial charge in [0.1, 0.15) is 16.7 Å². The number of benzene rings is 2. The Morgan fingerprint density at radius 2 is 1.67 bits per heavy atom. The first-order chi connectivity index (χ1) is 14.4. The molecule has 4 aromatic rings. The van der Waals surface area contributed by atoms with Gasteiger partial charge in [0.25, 0.3) is 5.56 Å². The second kappa shape index (κ2) is 8.05. The quantitative estimate of drug-likeness (QED) is 0.387. The van der Waals surface area contributed by atoms with E-state index in [0.29, 0.717) is 16.1 Å². The van der Waals surface area contributed by atoms with Gasteiger partial charge in [-0.1, -0.05) is 41.4 Å². The maximum absolute atomic E-state index is 15.3. The van der Waals surface area contributed by atoms with Gasteiger partial charge in [-0.15, -0.1) is 0 Å². The summed E-state index contributed by atoms with van der Waals surface area (Å²) >= 11 is 12.5. The molecule has 2 heterocycles. The molecule has 0 saturated carbocycles. The van der Waals surface area contributed by atoms with Crippen LogP contribution in [0.2, 0.25) is 10.0 Å². The first-order valence-electron chi connectivity index (χ1n) is 9.10. The maximum Gasteiger partial charge on any atom is 0.269 e. The number of hydrogen-bond donors (Lipinski definition) is 0. The highest BCUT2D eigenvalue weighted by atomic mass is 35.5. The first kappa shape index (κ1) is 20.3. The molecule has 0 aliphatic heterocycles. The Bertz CT molecular complexity index is 1280. The Labute approximate surface area is 180 Å². The number of pyridine rings is 1. The van der Waals surface area contributed by atoms with Crippen LogP contribution in [0.25, 0.3) is 28.1 Å². The summed E-state index contributed by atoms with van der Waals surface area (Å²) in [5.41, 5.74) is 0.278. The van der Waals surface area contributed by atoms with Gasteiger partial charge in [0.05, 0.1) is 16.9 Å². The number of hydrogen-bond acceptors (Lipinski definition) is 2. The van der Waals surface area contributed by atoms with Crippen molar-refractivity contribution < 1.29 is 8.78 Å². The van der Waals surface area contributed by atoms with Crippen molar-refractivity contribution in [1.29, 1.82) is 0 Å². The molecule has 0 atom stereocenters. The van der Waals surface area contributed by atoms with E-state index in [2.05, 4.69) is 5.10 Å². The molecule has 152 valence electrons. The average Bonchev–Trinajstić information content (AvgIpc) is 3.25. The van der Waals surface area contributed by atoms with Gasteiger partial charge in [-0.05, 0) is 25.1 Å². The van der Waals surface area contributed by atoms with E-state index >= 15 is 8.78 Å². The van der Waals surface area contributed by atoms with E-state index in [-0.39, 0.29) is 28.5 Å². The number of rotatable bonds is 4. The van der Waals surface area contributed by atoms with Crippen LogP contribution in [0.1, 0.15) is 6.92 Å². The Morgan fingerprint density at radius 3 is 2.27 bits per heavy atom. The molecule has 0 radical (unpaired) electrons. The summed E-state index contributed by atoms with van der Waals surface area (Å²) in [6.07, 6.45) is 3.08. The number of nitrogens with zero attached hydrogens (tertiary/aromatic N) is 3. The van der Waals surface area contributed by atoms with Gasteiger partial charge >= 0.3 is 0 Å². The van der Waals surface area contributed by atoms with Crippen molar-refractivity contribution in [2.45, 2.75) is 13.5 Å². The standard InChI is InChI=1S/C22H15Cl2F2N3O/c1-2-28-21(15(12-17(24)22(28)30)14-6-3-4-7-16(14)23)20-18(25)10-13(11-19(20)26)29-9-5-8-27-29/h3-12H,2H2,1H3. The minimum absolute atomic E-state index is 0.0653. The van der Waals surface area contributed by atoms with Crippen LogP contribution in [0.4, 0.5) is 8.78 Å². The van der Waals surface area contributed by atoms with E-state index in [0.717, 1.165) is 0 Å². The third kappa shape index (κ3) is 3.42. The molecule has 0 spiro atoms. The molecule has 0 aliphatic carbocycles. The fourth-order valence-electron chi connectivity index (χ4n) is 3.43. The molecule has 8 heteroatoms. The summed E-state index contributed by atoms with van der Waals surface area (Å²) in [5, 5.41) is 4.30. The van der Waals surface area contributed by atoms with Gasteiger partial charge in [-0.3, -0.25) is 4.79 Å². The zero-order valence-electron chi connectivity index (χ0n) is 15.7. The molecule has 0 aliphatic rings. The van der Waals surface area contributed by atoms with Gasteiger partial charge in [0.2, 0.25) is 0 Å². The van der Waals surface area contributed by atoms with Crippen LogP contribution < -0.4 is 5.56 Å². The van der Waals surface area contributed by atoms with Crippen LogP contribution in [-0.4, -0.2) is 14.3 Å². The molecule has 0 N–H and O–H groups in total. The molecular weight excluding hydrogens is 431 g/mol. The van der Waals surface area contributed by atoms with Gasteiger partial charge < -0.3 is 4.57 Å². The lowest BCUT2D eigenvalue weighted by Crippen LogP contribution is -2.23. The largest absolute Gasteiger partial charge is 0.306 e.